The number of hydrogen-bond acceptors (Lipinski definition) is 7. The van der Waals surface area contributed by atoms with Crippen molar-refractivity contribution >= 4 is 17.6 Å². The summed E-state index contributed by atoms with van der Waals surface area (Å²) >= 11 is 0. The standard InChI is InChI=1S/C12H14FN5O2/c1-3-20-12-17-10(14)16-11(18-12)15-7-4-5-8(13)9(6-7)19-2/h4-6H,3H2,1-2H3,(H3,14,15,16,17,18). The minimum Gasteiger partial charge on any atom is -0.494 e. The molecule has 0 fully saturated rings. The Hall–Kier alpha value is -2.64. The molecule has 0 atom stereocenters. The van der Waals surface area contributed by atoms with Crippen LogP contribution in [0.15, 0.2) is 18.2 Å². The SMILES string of the molecule is CCOc1nc(N)nc(Nc2ccc(F)c(OC)c2)n1. The van der Waals surface area contributed by atoms with Crippen molar-refractivity contribution in [1.29, 1.82) is 0 Å². The summed E-state index contributed by atoms with van der Waals surface area (Å²) < 4.78 is 23.4. The Morgan fingerprint density at radius 2 is 2.10 bits per heavy atom. The largest absolute Gasteiger partial charge is 0.494 e. The molecule has 0 aliphatic rings. The number of anilines is 3. The molecule has 0 amide bonds. The van der Waals surface area contributed by atoms with Crippen LogP contribution in [0, 0.1) is 5.82 Å². The maximum atomic E-state index is 13.3. The molecule has 3 N–H and O–H groups in total. The Balaban J connectivity index is 2.25. The number of nitrogens with one attached hydrogen (secondary N) is 1. The third-order valence-corrected chi connectivity index (χ3v) is 2.31. The first-order chi connectivity index (χ1) is 9.62. The van der Waals surface area contributed by atoms with Crippen molar-refractivity contribution in [2.75, 3.05) is 24.8 Å². The van der Waals surface area contributed by atoms with E-state index in [4.69, 9.17) is 15.2 Å². The lowest BCUT2D eigenvalue weighted by atomic mass is 10.3. The number of benzene rings is 1. The van der Waals surface area contributed by atoms with Gasteiger partial charge in [0, 0.05) is 11.8 Å². The Kier molecular flexibility index (Phi) is 4.14. The summed E-state index contributed by atoms with van der Waals surface area (Å²) in [5, 5.41) is 2.88. The lowest BCUT2D eigenvalue weighted by molar-refractivity contribution is 0.312. The van der Waals surface area contributed by atoms with Gasteiger partial charge in [0.25, 0.3) is 0 Å². The smallest absolute Gasteiger partial charge is 0.323 e. The van der Waals surface area contributed by atoms with Gasteiger partial charge in [0.1, 0.15) is 0 Å². The van der Waals surface area contributed by atoms with Gasteiger partial charge in [-0.05, 0) is 19.1 Å². The summed E-state index contributed by atoms with van der Waals surface area (Å²) in [5.41, 5.74) is 6.11. The first-order valence-corrected chi connectivity index (χ1v) is 5.87. The molecule has 1 aromatic heterocycles. The first-order valence-electron chi connectivity index (χ1n) is 5.87. The maximum Gasteiger partial charge on any atom is 0.323 e. The van der Waals surface area contributed by atoms with Crippen molar-refractivity contribution in [1.82, 2.24) is 15.0 Å². The van der Waals surface area contributed by atoms with Gasteiger partial charge in [-0.2, -0.15) is 15.0 Å². The molecule has 0 spiro atoms. The van der Waals surface area contributed by atoms with Crippen LogP contribution in [-0.4, -0.2) is 28.7 Å². The van der Waals surface area contributed by atoms with Crippen molar-refractivity contribution < 1.29 is 13.9 Å². The number of halogens is 1. The second-order valence-corrected chi connectivity index (χ2v) is 3.71. The van der Waals surface area contributed by atoms with Crippen LogP contribution in [0.2, 0.25) is 0 Å². The molecule has 106 valence electrons. The second kappa shape index (κ2) is 6.00. The Labute approximate surface area is 115 Å². The van der Waals surface area contributed by atoms with E-state index < -0.39 is 5.82 Å². The van der Waals surface area contributed by atoms with Crippen LogP contribution < -0.4 is 20.5 Å². The number of nitrogen functional groups attached to an aromatic ring is 1. The van der Waals surface area contributed by atoms with Crippen LogP contribution in [0.4, 0.5) is 22.0 Å². The van der Waals surface area contributed by atoms with Crippen LogP contribution in [0.25, 0.3) is 0 Å². The fourth-order valence-corrected chi connectivity index (χ4v) is 1.49. The van der Waals surface area contributed by atoms with Crippen molar-refractivity contribution in [3.63, 3.8) is 0 Å². The highest BCUT2D eigenvalue weighted by atomic mass is 19.1. The van der Waals surface area contributed by atoms with Crippen molar-refractivity contribution in [3.8, 4) is 11.8 Å². The second-order valence-electron chi connectivity index (χ2n) is 3.71. The lowest BCUT2D eigenvalue weighted by Gasteiger charge is -2.09. The van der Waals surface area contributed by atoms with E-state index in [1.807, 2.05) is 0 Å². The molecule has 0 saturated carbocycles. The lowest BCUT2D eigenvalue weighted by Crippen LogP contribution is -2.06. The van der Waals surface area contributed by atoms with E-state index in [2.05, 4.69) is 20.3 Å². The predicted octanol–water partition coefficient (Wildman–Crippen LogP) is 1.74. The van der Waals surface area contributed by atoms with E-state index in [1.165, 1.54) is 25.3 Å². The molecular weight excluding hydrogens is 265 g/mol. The normalized spacial score (nSPS) is 10.2. The summed E-state index contributed by atoms with van der Waals surface area (Å²) in [6.07, 6.45) is 0. The molecule has 0 unspecified atom stereocenters. The van der Waals surface area contributed by atoms with Gasteiger partial charge in [0.15, 0.2) is 11.6 Å². The molecule has 2 rings (SSSR count). The number of nitrogens with zero attached hydrogens (tertiary/aromatic N) is 3. The fourth-order valence-electron chi connectivity index (χ4n) is 1.49. The summed E-state index contributed by atoms with van der Waals surface area (Å²) in [6, 6.07) is 4.40. The number of methoxy groups -OCH3 is 1. The summed E-state index contributed by atoms with van der Waals surface area (Å²) in [5.74, 6) is -0.111. The van der Waals surface area contributed by atoms with Crippen molar-refractivity contribution in [3.05, 3.63) is 24.0 Å². The monoisotopic (exact) mass is 279 g/mol. The average Bonchev–Trinajstić information content (AvgIpc) is 2.40. The minimum absolute atomic E-state index is 0.0278. The Morgan fingerprint density at radius 3 is 2.80 bits per heavy atom. The molecule has 0 bridgehead atoms. The van der Waals surface area contributed by atoms with Gasteiger partial charge in [-0.15, -0.1) is 0 Å². The number of ether oxygens (including phenoxy) is 2. The van der Waals surface area contributed by atoms with Gasteiger partial charge in [-0.25, -0.2) is 4.39 Å². The predicted molar refractivity (Wildman–Crippen MR) is 71.6 cm³/mol. The van der Waals surface area contributed by atoms with Crippen molar-refractivity contribution in [2.24, 2.45) is 0 Å². The van der Waals surface area contributed by atoms with Crippen LogP contribution in [0.3, 0.4) is 0 Å². The fraction of sp³-hybridized carbons (Fsp3) is 0.250. The Morgan fingerprint density at radius 1 is 1.30 bits per heavy atom. The van der Waals surface area contributed by atoms with Gasteiger partial charge in [-0.1, -0.05) is 0 Å². The van der Waals surface area contributed by atoms with Gasteiger partial charge < -0.3 is 20.5 Å². The molecule has 8 heteroatoms. The molecule has 0 aliphatic heterocycles. The third-order valence-electron chi connectivity index (χ3n) is 2.31. The minimum atomic E-state index is -0.455. The van der Waals surface area contributed by atoms with Crippen LogP contribution in [0.1, 0.15) is 6.92 Å². The number of hydrogen-bond donors (Lipinski definition) is 2. The van der Waals surface area contributed by atoms with Crippen LogP contribution in [-0.2, 0) is 0 Å². The van der Waals surface area contributed by atoms with Crippen molar-refractivity contribution in [2.45, 2.75) is 6.92 Å². The third kappa shape index (κ3) is 3.22. The zero-order chi connectivity index (χ0) is 14.5. The highest BCUT2D eigenvalue weighted by Crippen LogP contribution is 2.23. The quantitative estimate of drug-likeness (QED) is 0.860. The number of nitrogens with two attached hydrogens (primary N) is 1. The molecule has 0 saturated heterocycles. The molecule has 7 nitrogen and oxygen atoms in total. The average molecular weight is 279 g/mol. The summed E-state index contributed by atoms with van der Waals surface area (Å²) in [6.45, 7) is 2.21. The van der Waals surface area contributed by atoms with Crippen LogP contribution in [0.5, 0.6) is 11.8 Å². The Bertz CT molecular complexity index is 608. The highest BCUT2D eigenvalue weighted by molar-refractivity contribution is 5.56. The van der Waals surface area contributed by atoms with Gasteiger partial charge in [-0.3, -0.25) is 0 Å². The van der Waals surface area contributed by atoms with Crippen LogP contribution >= 0.6 is 0 Å². The van der Waals surface area contributed by atoms with E-state index in [-0.39, 0.29) is 23.7 Å². The molecule has 1 heterocycles. The zero-order valence-corrected chi connectivity index (χ0v) is 11.1. The molecule has 0 radical (unpaired) electrons. The van der Waals surface area contributed by atoms with E-state index in [9.17, 15) is 4.39 Å². The summed E-state index contributed by atoms with van der Waals surface area (Å²) in [4.78, 5) is 11.8. The van der Waals surface area contributed by atoms with E-state index in [0.717, 1.165) is 0 Å². The number of aromatic nitrogens is 3. The molecule has 20 heavy (non-hydrogen) atoms. The molecular formula is C12H14FN5O2. The zero-order valence-electron chi connectivity index (χ0n) is 11.1. The number of rotatable bonds is 5. The molecule has 2 aromatic rings. The molecule has 0 aliphatic carbocycles. The van der Waals surface area contributed by atoms with E-state index in [0.29, 0.717) is 12.3 Å². The topological polar surface area (TPSA) is 95.2 Å². The van der Waals surface area contributed by atoms with Gasteiger partial charge >= 0.3 is 6.01 Å². The molecule has 1 aromatic carbocycles. The maximum absolute atomic E-state index is 13.3. The van der Waals surface area contributed by atoms with Gasteiger partial charge in [0.2, 0.25) is 11.9 Å². The van der Waals surface area contributed by atoms with E-state index >= 15 is 0 Å². The highest BCUT2D eigenvalue weighted by Gasteiger charge is 2.08. The summed E-state index contributed by atoms with van der Waals surface area (Å²) in [7, 11) is 1.39. The van der Waals surface area contributed by atoms with Gasteiger partial charge in [0.05, 0.1) is 13.7 Å². The first kappa shape index (κ1) is 13.8. The van der Waals surface area contributed by atoms with E-state index in [1.54, 1.807) is 6.92 Å².